The molecule has 1 aromatic carbocycles. The SMILES string of the molecule is Cc1ccc(S(=O)(=O)/N=c2/ccccn2O)cc1. The number of benzene rings is 1. The van der Waals surface area contributed by atoms with Crippen molar-refractivity contribution in [2.45, 2.75) is 11.8 Å². The van der Waals surface area contributed by atoms with Gasteiger partial charge in [-0.2, -0.15) is 13.1 Å². The van der Waals surface area contributed by atoms with Crippen LogP contribution in [0.15, 0.2) is 58.0 Å². The first-order valence-electron chi connectivity index (χ1n) is 5.24. The third-order valence-electron chi connectivity index (χ3n) is 2.35. The molecule has 1 aromatic heterocycles. The van der Waals surface area contributed by atoms with E-state index in [4.69, 9.17) is 0 Å². The first-order chi connectivity index (χ1) is 8.49. The van der Waals surface area contributed by atoms with Gasteiger partial charge in [-0.25, -0.2) is 0 Å². The van der Waals surface area contributed by atoms with Gasteiger partial charge in [0.15, 0.2) is 5.49 Å². The Labute approximate surface area is 105 Å². The van der Waals surface area contributed by atoms with E-state index in [0.717, 1.165) is 5.56 Å². The van der Waals surface area contributed by atoms with Crippen LogP contribution in [-0.4, -0.2) is 18.4 Å². The predicted molar refractivity (Wildman–Crippen MR) is 65.5 cm³/mol. The highest BCUT2D eigenvalue weighted by Gasteiger charge is 2.11. The second kappa shape index (κ2) is 4.66. The van der Waals surface area contributed by atoms with Gasteiger partial charge in [0.25, 0.3) is 10.0 Å². The van der Waals surface area contributed by atoms with Crippen molar-refractivity contribution in [2.24, 2.45) is 4.40 Å². The number of aryl methyl sites for hydroxylation is 1. The van der Waals surface area contributed by atoms with Crippen LogP contribution in [0.25, 0.3) is 0 Å². The summed E-state index contributed by atoms with van der Waals surface area (Å²) in [5, 5.41) is 9.42. The number of pyridine rings is 1. The molecular weight excluding hydrogens is 252 g/mol. The zero-order valence-electron chi connectivity index (χ0n) is 9.69. The van der Waals surface area contributed by atoms with E-state index in [0.29, 0.717) is 4.73 Å². The molecule has 1 N–H and O–H groups in total. The number of hydrogen-bond donors (Lipinski definition) is 1. The lowest BCUT2D eigenvalue weighted by Crippen LogP contribution is -2.19. The number of nitrogens with zero attached hydrogens (tertiary/aromatic N) is 2. The first kappa shape index (κ1) is 12.4. The minimum absolute atomic E-state index is 0.0434. The molecule has 5 nitrogen and oxygen atoms in total. The smallest absolute Gasteiger partial charge is 0.284 e. The van der Waals surface area contributed by atoms with E-state index in [1.807, 2.05) is 6.92 Å². The average molecular weight is 264 g/mol. The van der Waals surface area contributed by atoms with Gasteiger partial charge in [-0.15, -0.1) is 4.40 Å². The lowest BCUT2D eigenvalue weighted by Gasteiger charge is -2.00. The molecule has 0 aliphatic carbocycles. The Morgan fingerprint density at radius 2 is 1.78 bits per heavy atom. The lowest BCUT2D eigenvalue weighted by atomic mass is 10.2. The molecule has 0 unspecified atom stereocenters. The average Bonchev–Trinajstić information content (AvgIpc) is 2.32. The first-order valence-corrected chi connectivity index (χ1v) is 6.68. The van der Waals surface area contributed by atoms with Gasteiger partial charge in [0.05, 0.1) is 4.90 Å². The zero-order chi connectivity index (χ0) is 13.2. The van der Waals surface area contributed by atoms with Crippen LogP contribution in [-0.2, 0) is 10.0 Å². The maximum Gasteiger partial charge on any atom is 0.284 e. The fraction of sp³-hybridized carbons (Fsp3) is 0.0833. The molecule has 0 atom stereocenters. The van der Waals surface area contributed by atoms with E-state index in [1.165, 1.54) is 24.4 Å². The normalized spacial score (nSPS) is 12.6. The monoisotopic (exact) mass is 264 g/mol. The van der Waals surface area contributed by atoms with Crippen LogP contribution in [0.1, 0.15) is 5.56 Å². The van der Waals surface area contributed by atoms with Crippen molar-refractivity contribution in [3.05, 3.63) is 59.7 Å². The van der Waals surface area contributed by atoms with Crippen LogP contribution in [0.5, 0.6) is 0 Å². The zero-order valence-corrected chi connectivity index (χ0v) is 10.5. The van der Waals surface area contributed by atoms with Crippen molar-refractivity contribution >= 4 is 10.0 Å². The van der Waals surface area contributed by atoms with Gasteiger partial charge in [0.1, 0.15) is 0 Å². The molecule has 0 spiro atoms. The predicted octanol–water partition coefficient (Wildman–Crippen LogP) is 1.32. The molecule has 0 bridgehead atoms. The van der Waals surface area contributed by atoms with Gasteiger partial charge < -0.3 is 5.21 Å². The van der Waals surface area contributed by atoms with E-state index in [9.17, 15) is 13.6 Å². The van der Waals surface area contributed by atoms with Gasteiger partial charge in [-0.1, -0.05) is 23.8 Å². The van der Waals surface area contributed by atoms with Crippen LogP contribution in [0.4, 0.5) is 0 Å². The Morgan fingerprint density at radius 3 is 2.39 bits per heavy atom. The second-order valence-electron chi connectivity index (χ2n) is 3.78. The summed E-state index contributed by atoms with van der Waals surface area (Å²) < 4.78 is 28.2. The molecular formula is C12H12N2O3S. The molecule has 0 saturated carbocycles. The van der Waals surface area contributed by atoms with Crippen molar-refractivity contribution in [3.8, 4) is 0 Å². The maximum absolute atomic E-state index is 12.0. The summed E-state index contributed by atoms with van der Waals surface area (Å²) in [6.07, 6.45) is 1.31. The second-order valence-corrected chi connectivity index (χ2v) is 5.39. The Morgan fingerprint density at radius 1 is 1.11 bits per heavy atom. The van der Waals surface area contributed by atoms with Crippen LogP contribution >= 0.6 is 0 Å². The van der Waals surface area contributed by atoms with Crippen LogP contribution in [0, 0.1) is 6.92 Å². The third kappa shape index (κ3) is 2.60. The minimum Gasteiger partial charge on any atom is -0.427 e. The number of rotatable bonds is 2. The van der Waals surface area contributed by atoms with Crippen LogP contribution in [0.2, 0.25) is 0 Å². The molecule has 0 fully saturated rings. The molecule has 0 saturated heterocycles. The fourth-order valence-corrected chi connectivity index (χ4v) is 2.36. The van der Waals surface area contributed by atoms with Crippen molar-refractivity contribution in [1.82, 2.24) is 4.73 Å². The largest absolute Gasteiger partial charge is 0.427 e. The van der Waals surface area contributed by atoms with Gasteiger partial charge in [-0.3, -0.25) is 0 Å². The van der Waals surface area contributed by atoms with Gasteiger partial charge in [-0.05, 0) is 31.2 Å². The number of hydrogen-bond acceptors (Lipinski definition) is 3. The van der Waals surface area contributed by atoms with Crippen molar-refractivity contribution in [3.63, 3.8) is 0 Å². The number of sulfonamides is 1. The summed E-state index contributed by atoms with van der Waals surface area (Å²) >= 11 is 0. The quantitative estimate of drug-likeness (QED) is 0.832. The van der Waals surface area contributed by atoms with Crippen LogP contribution < -0.4 is 5.49 Å². The third-order valence-corrected chi connectivity index (χ3v) is 3.65. The van der Waals surface area contributed by atoms with E-state index in [2.05, 4.69) is 4.40 Å². The molecule has 2 rings (SSSR count). The summed E-state index contributed by atoms with van der Waals surface area (Å²) in [4.78, 5) is 0.0944. The molecule has 0 aliphatic heterocycles. The Kier molecular flexibility index (Phi) is 3.20. The topological polar surface area (TPSA) is 71.7 Å². The fourth-order valence-electron chi connectivity index (χ4n) is 1.38. The standard InChI is InChI=1S/C12H12N2O3S/c1-10-5-7-11(8-6-10)18(16,17)13-12-4-2-3-9-14(12)15/h2-9,15H,1H3/b13-12-. The molecule has 0 radical (unpaired) electrons. The van der Waals surface area contributed by atoms with E-state index in [-0.39, 0.29) is 10.4 Å². The summed E-state index contributed by atoms with van der Waals surface area (Å²) in [7, 11) is -3.81. The molecule has 1 heterocycles. The summed E-state index contributed by atoms with van der Waals surface area (Å²) in [6.45, 7) is 1.87. The highest BCUT2D eigenvalue weighted by Crippen LogP contribution is 2.12. The van der Waals surface area contributed by atoms with Gasteiger partial charge in [0.2, 0.25) is 0 Å². The Hall–Kier alpha value is -2.08. The maximum atomic E-state index is 12.0. The summed E-state index contributed by atoms with van der Waals surface area (Å²) in [5.74, 6) is 0. The molecule has 18 heavy (non-hydrogen) atoms. The highest BCUT2D eigenvalue weighted by atomic mass is 32.2. The molecule has 0 aliphatic rings. The van der Waals surface area contributed by atoms with E-state index < -0.39 is 10.0 Å². The molecule has 6 heteroatoms. The van der Waals surface area contributed by atoms with Gasteiger partial charge >= 0.3 is 0 Å². The summed E-state index contributed by atoms with van der Waals surface area (Å²) in [5.41, 5.74) is 0.920. The van der Waals surface area contributed by atoms with E-state index >= 15 is 0 Å². The van der Waals surface area contributed by atoms with Crippen molar-refractivity contribution in [2.75, 3.05) is 0 Å². The Balaban J connectivity index is 2.55. The minimum atomic E-state index is -3.81. The van der Waals surface area contributed by atoms with E-state index in [1.54, 1.807) is 24.3 Å². The van der Waals surface area contributed by atoms with Gasteiger partial charge in [0, 0.05) is 6.20 Å². The molecule has 2 aromatic rings. The summed E-state index contributed by atoms with van der Waals surface area (Å²) in [6, 6.07) is 10.9. The highest BCUT2D eigenvalue weighted by molar-refractivity contribution is 7.90. The molecule has 94 valence electrons. The number of aromatic nitrogens is 1. The molecule has 0 amide bonds. The van der Waals surface area contributed by atoms with Crippen molar-refractivity contribution < 1.29 is 13.6 Å². The van der Waals surface area contributed by atoms with Crippen molar-refractivity contribution in [1.29, 1.82) is 0 Å². The Bertz CT molecular complexity index is 715. The lowest BCUT2D eigenvalue weighted by molar-refractivity contribution is 0.172. The van der Waals surface area contributed by atoms with Crippen LogP contribution in [0.3, 0.4) is 0 Å².